The van der Waals surface area contributed by atoms with Gasteiger partial charge in [0.05, 0.1) is 0 Å². The molecule has 2 rings (SSSR count). The Balaban J connectivity index is 2.13. The smallest absolute Gasteiger partial charge is 0.107 e. The second kappa shape index (κ2) is 1.75. The van der Waals surface area contributed by atoms with Crippen molar-refractivity contribution in [2.24, 2.45) is 5.92 Å². The van der Waals surface area contributed by atoms with Gasteiger partial charge >= 0.3 is 0 Å². The minimum Gasteiger partial charge on any atom is -0.304 e. The molecule has 50 valence electrons. The zero-order chi connectivity index (χ0) is 6.43. The van der Waals surface area contributed by atoms with Gasteiger partial charge in [0.2, 0.25) is 0 Å². The number of piperidine rings is 1. The van der Waals surface area contributed by atoms with Crippen LogP contribution in [0.5, 0.6) is 0 Å². The zero-order valence-corrected chi connectivity index (χ0v) is 6.30. The van der Waals surface area contributed by atoms with Crippen LogP contribution < -0.4 is 0 Å². The SMILES string of the molecule is BC1CC2CC1N(C)C2. The second-order valence-electron chi connectivity index (χ2n) is 3.82. The van der Waals surface area contributed by atoms with E-state index in [2.05, 4.69) is 19.8 Å². The Morgan fingerprint density at radius 1 is 1.44 bits per heavy atom. The summed E-state index contributed by atoms with van der Waals surface area (Å²) in [7, 11) is 4.65. The average molecular weight is 123 g/mol. The van der Waals surface area contributed by atoms with Crippen molar-refractivity contribution in [1.29, 1.82) is 0 Å². The van der Waals surface area contributed by atoms with Crippen LogP contribution in [0, 0.1) is 5.92 Å². The molecule has 3 atom stereocenters. The van der Waals surface area contributed by atoms with E-state index in [4.69, 9.17) is 0 Å². The third-order valence-electron chi connectivity index (χ3n) is 3.05. The molecule has 2 aliphatic rings. The summed E-state index contributed by atoms with van der Waals surface area (Å²) in [5.41, 5.74) is 0. The Bertz CT molecular complexity index is 114. The van der Waals surface area contributed by atoms with Crippen molar-refractivity contribution in [2.75, 3.05) is 13.6 Å². The Kier molecular flexibility index (Phi) is 1.13. The maximum atomic E-state index is 2.53. The van der Waals surface area contributed by atoms with Gasteiger partial charge < -0.3 is 4.90 Å². The third-order valence-corrected chi connectivity index (χ3v) is 3.05. The van der Waals surface area contributed by atoms with Gasteiger partial charge in [-0.15, -0.1) is 0 Å². The summed E-state index contributed by atoms with van der Waals surface area (Å²) in [5.74, 6) is 2.03. The molecule has 0 aromatic carbocycles. The van der Waals surface area contributed by atoms with Gasteiger partial charge in [0.15, 0.2) is 0 Å². The quantitative estimate of drug-likeness (QED) is 0.414. The molecule has 0 N–H and O–H groups in total. The van der Waals surface area contributed by atoms with E-state index in [1.54, 1.807) is 0 Å². The molecule has 2 bridgehead atoms. The van der Waals surface area contributed by atoms with E-state index >= 15 is 0 Å². The summed E-state index contributed by atoms with van der Waals surface area (Å²) in [6.07, 6.45) is 2.98. The van der Waals surface area contributed by atoms with Crippen molar-refractivity contribution >= 4 is 7.85 Å². The van der Waals surface area contributed by atoms with Crippen LogP contribution >= 0.6 is 0 Å². The third kappa shape index (κ3) is 0.726. The summed E-state index contributed by atoms with van der Waals surface area (Å²) >= 11 is 0. The van der Waals surface area contributed by atoms with Gasteiger partial charge in [0.25, 0.3) is 0 Å². The van der Waals surface area contributed by atoms with Gasteiger partial charge in [-0.2, -0.15) is 0 Å². The Labute approximate surface area is 57.8 Å². The summed E-state index contributed by atoms with van der Waals surface area (Å²) in [6, 6.07) is 0.940. The number of hydrogen-bond acceptors (Lipinski definition) is 1. The van der Waals surface area contributed by atoms with Crippen LogP contribution in [-0.2, 0) is 0 Å². The molecule has 1 heterocycles. The van der Waals surface area contributed by atoms with Gasteiger partial charge in [-0.3, -0.25) is 0 Å². The minimum absolute atomic E-state index is 0.940. The van der Waals surface area contributed by atoms with Crippen molar-refractivity contribution < 1.29 is 0 Å². The molecule has 0 spiro atoms. The molecule has 0 aromatic heterocycles. The normalized spacial score (nSPS) is 50.6. The predicted molar refractivity (Wildman–Crippen MR) is 41.4 cm³/mol. The number of rotatable bonds is 0. The molecule has 1 aliphatic carbocycles. The number of likely N-dealkylation sites (tertiary alicyclic amines) is 1. The van der Waals surface area contributed by atoms with Crippen LogP contribution in [0.1, 0.15) is 12.8 Å². The monoisotopic (exact) mass is 123 g/mol. The van der Waals surface area contributed by atoms with E-state index < -0.39 is 0 Å². The van der Waals surface area contributed by atoms with Crippen LogP contribution in [-0.4, -0.2) is 32.4 Å². The number of fused-ring (bicyclic) bond motifs is 2. The lowest BCUT2D eigenvalue weighted by Crippen LogP contribution is -2.31. The first-order valence-electron chi connectivity index (χ1n) is 3.97. The summed E-state index contributed by atoms with van der Waals surface area (Å²) in [6.45, 7) is 1.37. The Morgan fingerprint density at radius 2 is 2.22 bits per heavy atom. The molecule has 3 unspecified atom stereocenters. The fourth-order valence-electron chi connectivity index (χ4n) is 2.66. The van der Waals surface area contributed by atoms with E-state index in [-0.39, 0.29) is 0 Å². The molecule has 1 nitrogen and oxygen atoms in total. The summed E-state index contributed by atoms with van der Waals surface area (Å²) < 4.78 is 0. The summed E-state index contributed by atoms with van der Waals surface area (Å²) in [5, 5.41) is 0. The van der Waals surface area contributed by atoms with E-state index in [9.17, 15) is 0 Å². The van der Waals surface area contributed by atoms with Crippen molar-refractivity contribution in [1.82, 2.24) is 4.90 Å². The van der Waals surface area contributed by atoms with E-state index in [1.165, 1.54) is 19.4 Å². The van der Waals surface area contributed by atoms with Gasteiger partial charge in [0.1, 0.15) is 7.85 Å². The maximum absolute atomic E-state index is 2.53. The molecular formula is C7H14BN. The first-order chi connectivity index (χ1) is 4.27. The highest BCUT2D eigenvalue weighted by Crippen LogP contribution is 2.42. The van der Waals surface area contributed by atoms with Gasteiger partial charge in [0, 0.05) is 12.6 Å². The molecule has 0 amide bonds. The highest BCUT2D eigenvalue weighted by molar-refractivity contribution is 6.12. The highest BCUT2D eigenvalue weighted by atomic mass is 15.2. The maximum Gasteiger partial charge on any atom is 0.107 e. The molecular weight excluding hydrogens is 109 g/mol. The lowest BCUT2D eigenvalue weighted by atomic mass is 9.80. The van der Waals surface area contributed by atoms with Crippen LogP contribution in [0.3, 0.4) is 0 Å². The second-order valence-corrected chi connectivity index (χ2v) is 3.82. The lowest BCUT2D eigenvalue weighted by Gasteiger charge is -2.27. The topological polar surface area (TPSA) is 3.24 Å². The molecule has 9 heavy (non-hydrogen) atoms. The molecule has 1 saturated heterocycles. The van der Waals surface area contributed by atoms with Crippen molar-refractivity contribution in [3.8, 4) is 0 Å². The first kappa shape index (κ1) is 5.78. The minimum atomic E-state index is 0.940. The summed E-state index contributed by atoms with van der Waals surface area (Å²) in [4.78, 5) is 2.53. The predicted octanol–water partition coefficient (Wildman–Crippen LogP) is 0.132. The standard InChI is InChI=1S/C7H14BN/c1-9-4-5-2-6(8)7(9)3-5/h5-7H,2-4,8H2,1H3. The van der Waals surface area contributed by atoms with Crippen LogP contribution in [0.4, 0.5) is 0 Å². The van der Waals surface area contributed by atoms with Gasteiger partial charge in [-0.1, -0.05) is 12.2 Å². The van der Waals surface area contributed by atoms with Crippen LogP contribution in [0.15, 0.2) is 0 Å². The lowest BCUT2D eigenvalue weighted by molar-refractivity contribution is 0.262. The average Bonchev–Trinajstić information content (AvgIpc) is 2.22. The molecule has 2 heteroatoms. The van der Waals surface area contributed by atoms with Crippen LogP contribution in [0.25, 0.3) is 0 Å². The zero-order valence-electron chi connectivity index (χ0n) is 6.30. The Morgan fingerprint density at radius 3 is 2.56 bits per heavy atom. The van der Waals surface area contributed by atoms with Crippen molar-refractivity contribution in [3.05, 3.63) is 0 Å². The van der Waals surface area contributed by atoms with E-state index in [1.807, 2.05) is 0 Å². The molecule has 0 aromatic rings. The largest absolute Gasteiger partial charge is 0.304 e. The van der Waals surface area contributed by atoms with Crippen LogP contribution in [0.2, 0.25) is 5.82 Å². The fraction of sp³-hybridized carbons (Fsp3) is 1.00. The van der Waals surface area contributed by atoms with Crippen molar-refractivity contribution in [3.63, 3.8) is 0 Å². The van der Waals surface area contributed by atoms with E-state index in [0.29, 0.717) is 0 Å². The van der Waals surface area contributed by atoms with Gasteiger partial charge in [-0.25, -0.2) is 0 Å². The van der Waals surface area contributed by atoms with Gasteiger partial charge in [-0.05, 0) is 19.4 Å². The number of nitrogens with zero attached hydrogens (tertiary/aromatic N) is 1. The number of hydrogen-bond donors (Lipinski definition) is 0. The molecule has 0 radical (unpaired) electrons. The van der Waals surface area contributed by atoms with E-state index in [0.717, 1.165) is 17.8 Å². The molecule has 1 aliphatic heterocycles. The fourth-order valence-corrected chi connectivity index (χ4v) is 2.66. The van der Waals surface area contributed by atoms with Crippen molar-refractivity contribution in [2.45, 2.75) is 24.7 Å². The molecule has 2 fully saturated rings. The Hall–Kier alpha value is 0.0249. The first-order valence-corrected chi connectivity index (χ1v) is 3.97. The molecule has 1 saturated carbocycles. The highest BCUT2D eigenvalue weighted by Gasteiger charge is 2.40.